The Morgan fingerprint density at radius 1 is 1.26 bits per heavy atom. The summed E-state index contributed by atoms with van der Waals surface area (Å²) in [6.07, 6.45) is 3.16. The van der Waals surface area contributed by atoms with Crippen LogP contribution in [0.5, 0.6) is 5.75 Å². The lowest BCUT2D eigenvalue weighted by Crippen LogP contribution is -2.51. The molecule has 31 heavy (non-hydrogen) atoms. The van der Waals surface area contributed by atoms with Crippen molar-refractivity contribution in [1.82, 2.24) is 10.2 Å². The summed E-state index contributed by atoms with van der Waals surface area (Å²) in [7, 11) is 0. The molecule has 1 saturated heterocycles. The van der Waals surface area contributed by atoms with Crippen LogP contribution in [0.25, 0.3) is 0 Å². The summed E-state index contributed by atoms with van der Waals surface area (Å²) in [5.41, 5.74) is -0.0292. The third-order valence-corrected chi connectivity index (χ3v) is 7.20. The van der Waals surface area contributed by atoms with Crippen LogP contribution < -0.4 is 10.1 Å². The zero-order chi connectivity index (χ0) is 22.8. The zero-order valence-corrected chi connectivity index (χ0v) is 18.9. The van der Waals surface area contributed by atoms with Crippen molar-refractivity contribution in [2.45, 2.75) is 71.4 Å². The minimum absolute atomic E-state index is 0.0358. The summed E-state index contributed by atoms with van der Waals surface area (Å²) in [5.74, 6) is 0.770. The van der Waals surface area contributed by atoms with Gasteiger partial charge in [-0.1, -0.05) is 27.2 Å². The molecule has 1 heterocycles. The number of nitrogens with zero attached hydrogens (tertiary/aromatic N) is 1. The van der Waals surface area contributed by atoms with Crippen LogP contribution in [0.15, 0.2) is 24.3 Å². The zero-order valence-electron chi connectivity index (χ0n) is 18.9. The van der Waals surface area contributed by atoms with Gasteiger partial charge < -0.3 is 15.2 Å². The first-order valence-corrected chi connectivity index (χ1v) is 11.1. The van der Waals surface area contributed by atoms with Gasteiger partial charge in [-0.05, 0) is 68.2 Å². The van der Waals surface area contributed by atoms with Gasteiger partial charge in [0.25, 0.3) is 5.91 Å². The fourth-order valence-electron chi connectivity index (χ4n) is 4.60. The Morgan fingerprint density at radius 3 is 2.42 bits per heavy atom. The number of aliphatic hydroxyl groups is 1. The molecular weight excluding hydrogens is 396 g/mol. The van der Waals surface area contributed by atoms with Gasteiger partial charge in [-0.3, -0.25) is 14.5 Å². The fraction of sp³-hybridized carbons (Fsp3) is 0.625. The largest absolute Gasteiger partial charge is 0.491 e. The van der Waals surface area contributed by atoms with E-state index in [4.69, 9.17) is 4.74 Å². The second-order valence-corrected chi connectivity index (χ2v) is 9.59. The highest BCUT2D eigenvalue weighted by Gasteiger charge is 2.53. The number of aliphatic hydroxyl groups excluding tert-OH is 1. The molecule has 0 radical (unpaired) electrons. The maximum atomic E-state index is 13.1. The number of β-amino-alcohol motifs (C(OH)–C–C–N with tert-alkyl or cyclic N) is 1. The first-order valence-electron chi connectivity index (χ1n) is 11.1. The second-order valence-electron chi connectivity index (χ2n) is 9.59. The van der Waals surface area contributed by atoms with Crippen molar-refractivity contribution in [3.63, 3.8) is 0 Å². The number of nitrogens with one attached hydrogen (secondary N) is 1. The molecule has 1 spiro atoms. The summed E-state index contributed by atoms with van der Waals surface area (Å²) in [4.78, 5) is 38.1. The van der Waals surface area contributed by atoms with Crippen LogP contribution in [0.1, 0.15) is 70.2 Å². The van der Waals surface area contributed by atoms with Gasteiger partial charge in [-0.25, -0.2) is 4.79 Å². The molecule has 1 saturated carbocycles. The Labute approximate surface area is 184 Å². The molecule has 1 aliphatic heterocycles. The topological polar surface area (TPSA) is 95.9 Å². The molecule has 7 heteroatoms. The highest BCUT2D eigenvalue weighted by Crippen LogP contribution is 2.45. The average Bonchev–Trinajstić information content (AvgIpc) is 2.96. The standard InChI is InChI=1S/C24H34N2O5/c1-5-23(3,4)18-10-12-24(13-11-18)21(29)26(22(30)25-24)14-19(28)15-31-20-8-6-17(7-9-20)16(2)27/h6-9,18-19,28H,5,10-15H2,1-4H3,(H,25,30). The van der Waals surface area contributed by atoms with Gasteiger partial charge in [0.05, 0.1) is 6.54 Å². The van der Waals surface area contributed by atoms with E-state index in [9.17, 15) is 19.5 Å². The van der Waals surface area contributed by atoms with Gasteiger partial charge in [0.1, 0.15) is 24.0 Å². The molecule has 0 aromatic heterocycles. The Kier molecular flexibility index (Phi) is 6.74. The van der Waals surface area contributed by atoms with Crippen LogP contribution in [0.3, 0.4) is 0 Å². The Balaban J connectivity index is 1.54. The highest BCUT2D eigenvalue weighted by atomic mass is 16.5. The predicted octanol–water partition coefficient (Wildman–Crippen LogP) is 3.55. The minimum Gasteiger partial charge on any atom is -0.491 e. The Hall–Kier alpha value is -2.41. The number of rotatable bonds is 8. The van der Waals surface area contributed by atoms with Gasteiger partial charge in [0, 0.05) is 5.56 Å². The molecule has 0 bridgehead atoms. The fourth-order valence-corrected chi connectivity index (χ4v) is 4.60. The second kappa shape index (κ2) is 8.99. The lowest BCUT2D eigenvalue weighted by atomic mass is 9.65. The van der Waals surface area contributed by atoms with E-state index in [1.165, 1.54) is 6.92 Å². The number of carbonyl (C=O) groups excluding carboxylic acids is 3. The van der Waals surface area contributed by atoms with Crippen molar-refractivity contribution in [1.29, 1.82) is 0 Å². The quantitative estimate of drug-likeness (QED) is 0.486. The number of hydrogen-bond acceptors (Lipinski definition) is 5. The molecule has 1 aromatic rings. The van der Waals surface area contributed by atoms with Crippen molar-refractivity contribution in [3.05, 3.63) is 29.8 Å². The van der Waals surface area contributed by atoms with Crippen molar-refractivity contribution in [2.24, 2.45) is 11.3 Å². The maximum absolute atomic E-state index is 13.1. The highest BCUT2D eigenvalue weighted by molar-refractivity contribution is 6.07. The molecule has 3 rings (SSSR count). The summed E-state index contributed by atoms with van der Waals surface area (Å²) >= 11 is 0. The molecule has 2 fully saturated rings. The molecule has 3 amide bonds. The molecule has 2 N–H and O–H groups in total. The van der Waals surface area contributed by atoms with Gasteiger partial charge in [-0.15, -0.1) is 0 Å². The van der Waals surface area contributed by atoms with Crippen molar-refractivity contribution in [2.75, 3.05) is 13.2 Å². The van der Waals surface area contributed by atoms with Gasteiger partial charge >= 0.3 is 6.03 Å². The van der Waals surface area contributed by atoms with E-state index in [2.05, 4.69) is 26.1 Å². The summed E-state index contributed by atoms with van der Waals surface area (Å²) in [6, 6.07) is 6.18. The van der Waals surface area contributed by atoms with Gasteiger partial charge in [0.15, 0.2) is 5.78 Å². The molecule has 1 unspecified atom stereocenters. The van der Waals surface area contributed by atoms with E-state index < -0.39 is 17.7 Å². The van der Waals surface area contributed by atoms with E-state index in [1.807, 2.05) is 0 Å². The predicted molar refractivity (Wildman–Crippen MR) is 117 cm³/mol. The number of ether oxygens (including phenoxy) is 1. The minimum atomic E-state index is -1.01. The number of hydrogen-bond donors (Lipinski definition) is 2. The normalized spacial score (nSPS) is 24.9. The van der Waals surface area contributed by atoms with Gasteiger partial charge in [0.2, 0.25) is 0 Å². The summed E-state index contributed by atoms with van der Waals surface area (Å²) in [5, 5.41) is 13.3. The third-order valence-electron chi connectivity index (χ3n) is 7.20. The van der Waals surface area contributed by atoms with E-state index in [0.29, 0.717) is 30.1 Å². The number of ketones is 1. The monoisotopic (exact) mass is 430 g/mol. The first-order chi connectivity index (χ1) is 14.6. The van der Waals surface area contributed by atoms with E-state index in [1.54, 1.807) is 24.3 Å². The lowest BCUT2D eigenvalue weighted by Gasteiger charge is -2.42. The third kappa shape index (κ3) is 4.92. The molecule has 1 atom stereocenters. The Bertz CT molecular complexity index is 825. The number of Topliss-reactive ketones (excluding diaryl/α,β-unsaturated/α-hetero) is 1. The first kappa shape index (κ1) is 23.3. The number of imide groups is 1. The molecule has 7 nitrogen and oxygen atoms in total. The maximum Gasteiger partial charge on any atom is 0.325 e. The SMILES string of the molecule is CCC(C)(C)C1CCC2(CC1)NC(=O)N(CC(O)COc1ccc(C(C)=O)cc1)C2=O. The summed E-state index contributed by atoms with van der Waals surface area (Å²) < 4.78 is 5.55. The van der Waals surface area contributed by atoms with Crippen molar-refractivity contribution >= 4 is 17.7 Å². The van der Waals surface area contributed by atoms with Crippen molar-refractivity contribution < 1.29 is 24.2 Å². The smallest absolute Gasteiger partial charge is 0.325 e. The van der Waals surface area contributed by atoms with Crippen LogP contribution in [-0.2, 0) is 4.79 Å². The van der Waals surface area contributed by atoms with E-state index in [-0.39, 0.29) is 30.3 Å². The number of urea groups is 1. The number of amides is 3. The van der Waals surface area contributed by atoms with Gasteiger partial charge in [-0.2, -0.15) is 0 Å². The average molecular weight is 431 g/mol. The van der Waals surface area contributed by atoms with Crippen LogP contribution in [-0.4, -0.2) is 52.5 Å². The molecule has 2 aliphatic rings. The van der Waals surface area contributed by atoms with E-state index >= 15 is 0 Å². The van der Waals surface area contributed by atoms with Crippen molar-refractivity contribution in [3.8, 4) is 5.75 Å². The Morgan fingerprint density at radius 2 is 1.87 bits per heavy atom. The molecule has 1 aromatic carbocycles. The number of benzene rings is 1. The number of carbonyl (C=O) groups is 3. The lowest BCUT2D eigenvalue weighted by molar-refractivity contribution is -0.134. The van der Waals surface area contributed by atoms with Crippen LogP contribution in [0, 0.1) is 11.3 Å². The van der Waals surface area contributed by atoms with Crippen LogP contribution >= 0.6 is 0 Å². The molecular formula is C24H34N2O5. The van der Waals surface area contributed by atoms with Crippen LogP contribution in [0.2, 0.25) is 0 Å². The van der Waals surface area contributed by atoms with E-state index in [0.717, 1.165) is 24.2 Å². The molecule has 170 valence electrons. The molecule has 1 aliphatic carbocycles. The van der Waals surface area contributed by atoms with Crippen LogP contribution in [0.4, 0.5) is 4.79 Å². The summed E-state index contributed by atoms with van der Waals surface area (Å²) in [6.45, 7) is 8.04.